The number of ether oxygens (including phenoxy) is 2. The molecule has 0 aliphatic heterocycles. The van der Waals surface area contributed by atoms with Gasteiger partial charge in [0.1, 0.15) is 18.6 Å². The largest absolute Gasteiger partial charge is 0.493 e. The van der Waals surface area contributed by atoms with Crippen molar-refractivity contribution in [3.63, 3.8) is 0 Å². The molecule has 10 heteroatoms. The van der Waals surface area contributed by atoms with Crippen LogP contribution in [-0.2, 0) is 6.61 Å². The minimum atomic E-state index is -0.519. The Morgan fingerprint density at radius 2 is 1.93 bits per heavy atom. The van der Waals surface area contributed by atoms with Gasteiger partial charge in [-0.1, -0.05) is 29.3 Å². The van der Waals surface area contributed by atoms with Crippen molar-refractivity contribution in [3.8, 4) is 11.5 Å². The molecular formula is C20H16Cl2N4O4. The highest BCUT2D eigenvalue weighted by Crippen LogP contribution is 2.31. The topological polar surface area (TPSA) is 98.9 Å². The first kappa shape index (κ1) is 21.4. The van der Waals surface area contributed by atoms with E-state index in [2.05, 4.69) is 15.5 Å². The Hall–Kier alpha value is -3.36. The highest BCUT2D eigenvalue weighted by molar-refractivity contribution is 6.35. The van der Waals surface area contributed by atoms with Crippen LogP contribution < -0.4 is 14.9 Å². The van der Waals surface area contributed by atoms with Crippen LogP contribution in [0.25, 0.3) is 0 Å². The number of rotatable bonds is 8. The summed E-state index contributed by atoms with van der Waals surface area (Å²) in [4.78, 5) is 14.1. The van der Waals surface area contributed by atoms with E-state index in [0.717, 1.165) is 11.8 Å². The normalized spacial score (nSPS) is 10.8. The van der Waals surface area contributed by atoms with Gasteiger partial charge in [0.2, 0.25) is 0 Å². The van der Waals surface area contributed by atoms with Gasteiger partial charge in [-0.2, -0.15) is 5.10 Å². The first-order chi connectivity index (χ1) is 14.5. The molecule has 154 valence electrons. The summed E-state index contributed by atoms with van der Waals surface area (Å²) in [6.07, 6.45) is 2.70. The molecule has 0 aliphatic rings. The minimum Gasteiger partial charge on any atom is -0.493 e. The number of halogens is 2. The molecule has 0 atom stereocenters. The van der Waals surface area contributed by atoms with Crippen molar-refractivity contribution < 1.29 is 14.4 Å². The molecule has 0 fully saturated rings. The van der Waals surface area contributed by atoms with Crippen molar-refractivity contribution >= 4 is 40.9 Å². The molecule has 0 unspecified atom stereocenters. The van der Waals surface area contributed by atoms with Gasteiger partial charge in [-0.05, 0) is 42.0 Å². The zero-order valence-corrected chi connectivity index (χ0v) is 17.2. The second-order valence-corrected chi connectivity index (χ2v) is 6.74. The second-order valence-electron chi connectivity index (χ2n) is 5.93. The highest BCUT2D eigenvalue weighted by Gasteiger charge is 2.10. The predicted octanol–water partition coefficient (Wildman–Crippen LogP) is 5.33. The van der Waals surface area contributed by atoms with Crippen molar-refractivity contribution in [1.82, 2.24) is 4.98 Å². The number of methoxy groups -OCH3 is 1. The Balaban J connectivity index is 1.70. The summed E-state index contributed by atoms with van der Waals surface area (Å²) in [6, 6.07) is 13.3. The van der Waals surface area contributed by atoms with E-state index in [1.54, 1.807) is 49.7 Å². The number of nitro groups is 1. The zero-order valence-electron chi connectivity index (χ0n) is 15.7. The average molecular weight is 447 g/mol. The SMILES string of the molecule is COc1ccc(/C=N\Nc2ccc([N+](=O)[O-])cn2)cc1OCc1c(Cl)cccc1Cl. The van der Waals surface area contributed by atoms with Crippen molar-refractivity contribution in [2.45, 2.75) is 6.61 Å². The summed E-state index contributed by atoms with van der Waals surface area (Å²) in [5, 5.41) is 15.8. The van der Waals surface area contributed by atoms with Crippen LogP contribution in [0.4, 0.5) is 11.5 Å². The van der Waals surface area contributed by atoms with E-state index >= 15 is 0 Å². The molecule has 3 aromatic rings. The molecule has 0 bridgehead atoms. The molecular weight excluding hydrogens is 431 g/mol. The van der Waals surface area contributed by atoms with Crippen molar-refractivity contribution in [2.75, 3.05) is 12.5 Å². The monoisotopic (exact) mass is 446 g/mol. The second kappa shape index (κ2) is 9.91. The Morgan fingerprint density at radius 1 is 1.17 bits per heavy atom. The summed E-state index contributed by atoms with van der Waals surface area (Å²) < 4.78 is 11.2. The smallest absolute Gasteiger partial charge is 0.287 e. The van der Waals surface area contributed by atoms with Crippen molar-refractivity contribution in [3.05, 3.63) is 86.0 Å². The summed E-state index contributed by atoms with van der Waals surface area (Å²) in [5.41, 5.74) is 4.01. The van der Waals surface area contributed by atoms with E-state index in [4.69, 9.17) is 32.7 Å². The third-order valence-corrected chi connectivity index (χ3v) is 4.68. The van der Waals surface area contributed by atoms with Gasteiger partial charge in [0.05, 0.1) is 18.2 Å². The van der Waals surface area contributed by atoms with Crippen LogP contribution in [-0.4, -0.2) is 23.2 Å². The lowest BCUT2D eigenvalue weighted by molar-refractivity contribution is -0.385. The molecule has 8 nitrogen and oxygen atoms in total. The zero-order chi connectivity index (χ0) is 21.5. The predicted molar refractivity (Wildman–Crippen MR) is 116 cm³/mol. The maximum atomic E-state index is 10.7. The fourth-order valence-corrected chi connectivity index (χ4v) is 2.95. The van der Waals surface area contributed by atoms with Gasteiger partial charge < -0.3 is 9.47 Å². The maximum absolute atomic E-state index is 10.7. The van der Waals surface area contributed by atoms with Gasteiger partial charge in [0, 0.05) is 21.7 Å². The number of benzene rings is 2. The molecule has 1 heterocycles. The van der Waals surface area contributed by atoms with Crippen LogP contribution >= 0.6 is 23.2 Å². The standard InChI is InChI=1S/C20H16Cl2N4O4/c1-29-18-7-5-13(10-24-25-20-8-6-14(11-23-20)26(27)28)9-19(18)30-12-15-16(21)3-2-4-17(15)22/h2-11H,12H2,1H3,(H,23,25)/b24-10-. The number of anilines is 1. The molecule has 1 aromatic heterocycles. The van der Waals surface area contributed by atoms with Gasteiger partial charge in [-0.25, -0.2) is 4.98 Å². The lowest BCUT2D eigenvalue weighted by atomic mass is 10.2. The van der Waals surface area contributed by atoms with Gasteiger partial charge >= 0.3 is 0 Å². The molecule has 0 aliphatic carbocycles. The minimum absolute atomic E-state index is 0.0971. The Kier molecular flexibility index (Phi) is 7.05. The molecule has 30 heavy (non-hydrogen) atoms. The maximum Gasteiger partial charge on any atom is 0.287 e. The van der Waals surface area contributed by atoms with Gasteiger partial charge in [-0.15, -0.1) is 0 Å². The molecule has 0 spiro atoms. The highest BCUT2D eigenvalue weighted by atomic mass is 35.5. The van der Waals surface area contributed by atoms with Crippen LogP contribution in [0.15, 0.2) is 59.8 Å². The van der Waals surface area contributed by atoms with E-state index in [1.165, 1.54) is 12.1 Å². The Morgan fingerprint density at radius 3 is 2.57 bits per heavy atom. The summed E-state index contributed by atoms with van der Waals surface area (Å²) in [5.74, 6) is 1.40. The summed E-state index contributed by atoms with van der Waals surface area (Å²) >= 11 is 12.4. The number of aromatic nitrogens is 1. The number of hydrogen-bond acceptors (Lipinski definition) is 7. The van der Waals surface area contributed by atoms with Gasteiger partial charge in [0.15, 0.2) is 11.5 Å². The Labute approximate surface area is 182 Å². The number of nitrogens with zero attached hydrogens (tertiary/aromatic N) is 3. The molecule has 1 N–H and O–H groups in total. The fraction of sp³-hybridized carbons (Fsp3) is 0.100. The number of hydrazone groups is 1. The molecule has 0 amide bonds. The fourth-order valence-electron chi connectivity index (χ4n) is 2.44. The first-order valence-electron chi connectivity index (χ1n) is 8.61. The molecule has 0 saturated carbocycles. The van der Waals surface area contributed by atoms with Crippen LogP contribution in [0.5, 0.6) is 11.5 Å². The third kappa shape index (κ3) is 5.37. The van der Waals surface area contributed by atoms with Gasteiger partial charge in [-0.3, -0.25) is 15.5 Å². The van der Waals surface area contributed by atoms with E-state index < -0.39 is 4.92 Å². The number of nitrogens with one attached hydrogen (secondary N) is 1. The molecule has 0 saturated heterocycles. The Bertz CT molecular complexity index is 1050. The van der Waals surface area contributed by atoms with E-state index in [-0.39, 0.29) is 12.3 Å². The first-order valence-corrected chi connectivity index (χ1v) is 9.37. The van der Waals surface area contributed by atoms with E-state index in [1.807, 2.05) is 0 Å². The summed E-state index contributed by atoms with van der Waals surface area (Å²) in [7, 11) is 1.54. The lowest BCUT2D eigenvalue weighted by Gasteiger charge is -2.13. The number of pyridine rings is 1. The molecule has 3 rings (SSSR count). The van der Waals surface area contributed by atoms with Crippen LogP contribution in [0, 0.1) is 10.1 Å². The third-order valence-electron chi connectivity index (χ3n) is 3.97. The van der Waals surface area contributed by atoms with Gasteiger partial charge in [0.25, 0.3) is 5.69 Å². The number of hydrogen-bond donors (Lipinski definition) is 1. The van der Waals surface area contributed by atoms with Crippen LogP contribution in [0.2, 0.25) is 10.0 Å². The van der Waals surface area contributed by atoms with Crippen LogP contribution in [0.3, 0.4) is 0 Å². The average Bonchev–Trinajstić information content (AvgIpc) is 2.74. The van der Waals surface area contributed by atoms with Crippen molar-refractivity contribution in [2.24, 2.45) is 5.10 Å². The van der Waals surface area contributed by atoms with Crippen LogP contribution in [0.1, 0.15) is 11.1 Å². The van der Waals surface area contributed by atoms with E-state index in [0.29, 0.717) is 32.9 Å². The lowest BCUT2D eigenvalue weighted by Crippen LogP contribution is -2.00. The molecule has 2 aromatic carbocycles. The summed E-state index contributed by atoms with van der Waals surface area (Å²) in [6.45, 7) is 0.167. The van der Waals surface area contributed by atoms with E-state index in [9.17, 15) is 10.1 Å². The van der Waals surface area contributed by atoms with Crippen molar-refractivity contribution in [1.29, 1.82) is 0 Å². The molecule has 0 radical (unpaired) electrons. The quantitative estimate of drug-likeness (QED) is 0.285.